The third kappa shape index (κ3) is 8.85. The van der Waals surface area contributed by atoms with Gasteiger partial charge in [-0.25, -0.2) is 0 Å². The molecule has 0 radical (unpaired) electrons. The summed E-state index contributed by atoms with van der Waals surface area (Å²) in [5, 5.41) is 7.97. The van der Waals surface area contributed by atoms with Crippen LogP contribution in [0.15, 0.2) is 42.5 Å². The van der Waals surface area contributed by atoms with Gasteiger partial charge in [-0.05, 0) is 56.4 Å². The molecule has 0 bridgehead atoms. The molecule has 1 saturated heterocycles. The Morgan fingerprint density at radius 1 is 1.11 bits per heavy atom. The number of amides is 3. The molecule has 3 rings (SSSR count). The molecule has 2 unspecified atom stereocenters. The Bertz CT molecular complexity index is 1180. The molecule has 0 spiro atoms. The summed E-state index contributed by atoms with van der Waals surface area (Å²) < 4.78 is 11.1. The zero-order chi connectivity index (χ0) is 27.2. The molecule has 1 fully saturated rings. The van der Waals surface area contributed by atoms with Gasteiger partial charge in [0.2, 0.25) is 17.7 Å². The highest BCUT2D eigenvalue weighted by molar-refractivity contribution is 8.04. The Morgan fingerprint density at radius 2 is 1.81 bits per heavy atom. The molecular weight excluding hydrogens is 513 g/mol. The summed E-state index contributed by atoms with van der Waals surface area (Å²) in [6.45, 7) is 6.18. The van der Waals surface area contributed by atoms with Gasteiger partial charge in [-0.15, -0.1) is 11.8 Å². The maximum absolute atomic E-state index is 13.3. The quantitative estimate of drug-likeness (QED) is 0.353. The molecule has 37 heavy (non-hydrogen) atoms. The molecule has 202 valence electrons. The fourth-order valence-electron chi connectivity index (χ4n) is 4.40. The lowest BCUT2D eigenvalue weighted by atomic mass is 9.93. The van der Waals surface area contributed by atoms with E-state index in [1.807, 2.05) is 63.2 Å². The molecule has 1 heterocycles. The molecule has 0 aromatic heterocycles. The fourth-order valence-corrected chi connectivity index (χ4v) is 6.06. The lowest BCUT2D eigenvalue weighted by molar-refractivity contribution is -0.140. The second-order valence-corrected chi connectivity index (χ2v) is 13.4. The number of hydrogen-bond donors (Lipinski definition) is 4. The average Bonchev–Trinajstić information content (AvgIpc) is 2.82. The monoisotopic (exact) mass is 549 g/mol. The summed E-state index contributed by atoms with van der Waals surface area (Å²) >= 11 is 0.862. The number of likely N-dealkylation sites (tertiary alicyclic amines) is 1. The van der Waals surface area contributed by atoms with Crippen LogP contribution in [0.3, 0.4) is 0 Å². The molecule has 11 heteroatoms. The van der Waals surface area contributed by atoms with Crippen molar-refractivity contribution in [3.05, 3.63) is 48.0 Å². The van der Waals surface area contributed by atoms with Crippen LogP contribution in [0.25, 0.3) is 10.8 Å². The van der Waals surface area contributed by atoms with Crippen LogP contribution in [0, 0.1) is 0 Å². The molecule has 0 saturated carbocycles. The second kappa shape index (κ2) is 12.4. The van der Waals surface area contributed by atoms with Gasteiger partial charge >= 0.3 is 7.60 Å². The van der Waals surface area contributed by atoms with Crippen molar-refractivity contribution in [3.8, 4) is 0 Å². The van der Waals surface area contributed by atoms with Gasteiger partial charge in [0.1, 0.15) is 6.04 Å². The third-order valence-corrected chi connectivity index (χ3v) is 8.61. The average molecular weight is 550 g/mol. The molecule has 9 nitrogen and oxygen atoms in total. The molecule has 1 aliphatic rings. The van der Waals surface area contributed by atoms with Crippen molar-refractivity contribution < 1.29 is 28.7 Å². The van der Waals surface area contributed by atoms with Gasteiger partial charge in [0.25, 0.3) is 0 Å². The van der Waals surface area contributed by atoms with Crippen molar-refractivity contribution in [2.45, 2.75) is 57.5 Å². The highest BCUT2D eigenvalue weighted by atomic mass is 32.2. The van der Waals surface area contributed by atoms with Gasteiger partial charge in [0, 0.05) is 18.6 Å². The summed E-state index contributed by atoms with van der Waals surface area (Å²) in [7, 11) is -4.21. The Morgan fingerprint density at radius 3 is 2.49 bits per heavy atom. The SMILES string of the molecule is CC(C)(C)NC(=O)C(CNC(=O)C1CCCCN1C(=O)CSCP(=O)(O)O)c1ccc2ccccc2c1. The number of nitrogens with one attached hydrogen (secondary N) is 2. The van der Waals surface area contributed by atoms with E-state index in [0.29, 0.717) is 13.0 Å². The number of nitrogens with zero attached hydrogens (tertiary/aromatic N) is 1. The lowest BCUT2D eigenvalue weighted by Gasteiger charge is -2.35. The van der Waals surface area contributed by atoms with Gasteiger partial charge in [0.15, 0.2) is 0 Å². The van der Waals surface area contributed by atoms with E-state index in [1.54, 1.807) is 0 Å². The molecule has 2 aromatic rings. The van der Waals surface area contributed by atoms with Crippen molar-refractivity contribution in [1.29, 1.82) is 0 Å². The van der Waals surface area contributed by atoms with E-state index in [-0.39, 0.29) is 30.0 Å². The molecule has 0 aliphatic carbocycles. The first-order valence-electron chi connectivity index (χ1n) is 12.3. The van der Waals surface area contributed by atoms with Crippen molar-refractivity contribution in [2.75, 3.05) is 24.3 Å². The first kappa shape index (κ1) is 29.2. The Hall–Kier alpha value is -2.39. The topological polar surface area (TPSA) is 136 Å². The summed E-state index contributed by atoms with van der Waals surface area (Å²) in [4.78, 5) is 58.8. The minimum Gasteiger partial charge on any atom is -0.353 e. The highest BCUT2D eigenvalue weighted by Gasteiger charge is 2.33. The highest BCUT2D eigenvalue weighted by Crippen LogP contribution is 2.38. The number of hydrogen-bond acceptors (Lipinski definition) is 5. The van der Waals surface area contributed by atoms with Gasteiger partial charge < -0.3 is 25.3 Å². The first-order chi connectivity index (χ1) is 17.3. The zero-order valence-electron chi connectivity index (χ0n) is 21.5. The lowest BCUT2D eigenvalue weighted by Crippen LogP contribution is -2.53. The van der Waals surface area contributed by atoms with Crippen LogP contribution in [0.5, 0.6) is 0 Å². The molecular formula is C26H36N3O6PS. The number of carbonyl (C=O) groups excluding carboxylic acids is 3. The second-order valence-electron chi connectivity index (χ2n) is 10.4. The van der Waals surface area contributed by atoms with E-state index in [0.717, 1.165) is 40.9 Å². The predicted molar refractivity (Wildman–Crippen MR) is 146 cm³/mol. The number of carbonyl (C=O) groups is 3. The minimum atomic E-state index is -4.21. The van der Waals surface area contributed by atoms with Gasteiger partial charge in [0.05, 0.1) is 17.2 Å². The predicted octanol–water partition coefficient (Wildman–Crippen LogP) is 3.20. The van der Waals surface area contributed by atoms with Gasteiger partial charge in [-0.3, -0.25) is 18.9 Å². The van der Waals surface area contributed by atoms with Crippen molar-refractivity contribution in [3.63, 3.8) is 0 Å². The van der Waals surface area contributed by atoms with Crippen LogP contribution in [0.4, 0.5) is 0 Å². The van der Waals surface area contributed by atoms with E-state index in [1.165, 1.54) is 4.90 Å². The summed E-state index contributed by atoms with van der Waals surface area (Å²) in [6.07, 6.45) is 2.04. The van der Waals surface area contributed by atoms with Crippen LogP contribution >= 0.6 is 19.4 Å². The number of fused-ring (bicyclic) bond motifs is 1. The normalized spacial score (nSPS) is 17.3. The summed E-state index contributed by atoms with van der Waals surface area (Å²) in [5.41, 5.74) is -0.112. The number of thioether (sulfide) groups is 1. The molecule has 2 atom stereocenters. The van der Waals surface area contributed by atoms with E-state index in [2.05, 4.69) is 10.6 Å². The van der Waals surface area contributed by atoms with E-state index in [4.69, 9.17) is 9.79 Å². The molecule has 2 aromatic carbocycles. The van der Waals surface area contributed by atoms with Crippen LogP contribution in [0.1, 0.15) is 51.5 Å². The third-order valence-electron chi connectivity index (χ3n) is 6.08. The van der Waals surface area contributed by atoms with Gasteiger partial charge in [-0.2, -0.15) is 0 Å². The minimum absolute atomic E-state index is 0.0740. The van der Waals surface area contributed by atoms with E-state index < -0.39 is 30.6 Å². The molecule has 4 N–H and O–H groups in total. The summed E-state index contributed by atoms with van der Waals surface area (Å²) in [5.74, 6) is -1.59. The van der Waals surface area contributed by atoms with E-state index in [9.17, 15) is 18.9 Å². The van der Waals surface area contributed by atoms with E-state index >= 15 is 0 Å². The van der Waals surface area contributed by atoms with Crippen LogP contribution in [-0.4, -0.2) is 68.3 Å². The van der Waals surface area contributed by atoms with Crippen LogP contribution in [0.2, 0.25) is 0 Å². The first-order valence-corrected chi connectivity index (χ1v) is 15.3. The molecule has 3 amide bonds. The largest absolute Gasteiger partial charge is 0.353 e. The van der Waals surface area contributed by atoms with Crippen molar-refractivity contribution in [2.24, 2.45) is 0 Å². The standard InChI is InChI=1S/C26H36N3O6PS/c1-26(2,3)28-24(31)21(20-12-11-18-8-4-5-9-19(18)14-20)15-27-25(32)22-10-6-7-13-29(22)23(30)16-37-17-36(33,34)35/h4-5,8-9,11-12,14,21-22H,6-7,10,13,15-17H2,1-3H3,(H,27,32)(H,28,31)(H2,33,34,35). The summed E-state index contributed by atoms with van der Waals surface area (Å²) in [6, 6.07) is 13.0. The van der Waals surface area contributed by atoms with Gasteiger partial charge in [-0.1, -0.05) is 42.5 Å². The Kier molecular flexibility index (Phi) is 9.80. The molecule has 1 aliphatic heterocycles. The number of benzene rings is 2. The number of piperidine rings is 1. The van der Waals surface area contributed by atoms with Crippen molar-refractivity contribution in [1.82, 2.24) is 15.5 Å². The van der Waals surface area contributed by atoms with Crippen LogP contribution < -0.4 is 10.6 Å². The van der Waals surface area contributed by atoms with Crippen LogP contribution in [-0.2, 0) is 18.9 Å². The maximum Gasteiger partial charge on any atom is 0.335 e. The zero-order valence-corrected chi connectivity index (χ0v) is 23.2. The Balaban J connectivity index is 1.73. The maximum atomic E-state index is 13.3. The fraction of sp³-hybridized carbons (Fsp3) is 0.500. The smallest absolute Gasteiger partial charge is 0.335 e. The number of rotatable bonds is 9. The Labute approximate surface area is 221 Å². The van der Waals surface area contributed by atoms with Crippen molar-refractivity contribution >= 4 is 47.9 Å².